The van der Waals surface area contributed by atoms with Gasteiger partial charge in [0, 0.05) is 9.77 Å². The number of carbonyl (C=O) groups is 1. The average Bonchev–Trinajstić information content (AvgIpc) is 2.15. The summed E-state index contributed by atoms with van der Waals surface area (Å²) < 4.78 is 0. The number of thiophene rings is 1. The molecule has 1 aromatic heterocycles. The Morgan fingerprint density at radius 3 is 2.90 bits per heavy atom. The second kappa shape index (κ2) is 3.07. The van der Waals surface area contributed by atoms with Crippen molar-refractivity contribution in [2.45, 2.75) is 11.3 Å². The molecule has 4 heteroatoms. The highest BCUT2D eigenvalue weighted by Gasteiger charge is 2.02. The first kappa shape index (κ1) is 7.63. The summed E-state index contributed by atoms with van der Waals surface area (Å²) in [6.07, 6.45) is 0.302. The summed E-state index contributed by atoms with van der Waals surface area (Å²) in [4.78, 5) is 12.2. The molecule has 0 saturated carbocycles. The van der Waals surface area contributed by atoms with E-state index in [-0.39, 0.29) is 5.91 Å². The van der Waals surface area contributed by atoms with Crippen LogP contribution < -0.4 is 5.73 Å². The van der Waals surface area contributed by atoms with Gasteiger partial charge in [0.2, 0.25) is 5.91 Å². The molecule has 1 rings (SSSR count). The number of amides is 1. The van der Waals surface area contributed by atoms with Gasteiger partial charge in [0.15, 0.2) is 0 Å². The zero-order valence-corrected chi connectivity index (χ0v) is 6.91. The van der Waals surface area contributed by atoms with Gasteiger partial charge in [-0.1, -0.05) is 0 Å². The van der Waals surface area contributed by atoms with Crippen LogP contribution in [0.4, 0.5) is 0 Å². The Labute approximate surface area is 68.5 Å². The van der Waals surface area contributed by atoms with E-state index >= 15 is 0 Å². The molecule has 1 heterocycles. The van der Waals surface area contributed by atoms with Crippen molar-refractivity contribution in [1.29, 1.82) is 0 Å². The zero-order chi connectivity index (χ0) is 7.56. The Kier molecular flexibility index (Phi) is 2.34. The predicted molar refractivity (Wildman–Crippen MR) is 44.5 cm³/mol. The van der Waals surface area contributed by atoms with Gasteiger partial charge in [0.05, 0.1) is 6.42 Å². The van der Waals surface area contributed by atoms with Gasteiger partial charge in [-0.25, -0.2) is 0 Å². The number of hydrogen-bond acceptors (Lipinski definition) is 3. The van der Waals surface area contributed by atoms with Crippen molar-refractivity contribution >= 4 is 29.9 Å². The maximum Gasteiger partial charge on any atom is 0.222 e. The van der Waals surface area contributed by atoms with Crippen LogP contribution >= 0.6 is 24.0 Å². The lowest BCUT2D eigenvalue weighted by Gasteiger charge is -1.91. The average molecular weight is 173 g/mol. The molecule has 0 unspecified atom stereocenters. The molecule has 0 aliphatic heterocycles. The van der Waals surface area contributed by atoms with Crippen LogP contribution in [0.2, 0.25) is 0 Å². The molecule has 0 aliphatic rings. The van der Waals surface area contributed by atoms with E-state index in [0.717, 1.165) is 9.77 Å². The molecule has 0 fully saturated rings. The standard InChI is InChI=1S/C6H7NOS2/c7-6(8)3-5-4(9)1-2-10-5/h1-2,9H,3H2,(H2,7,8). The number of carbonyl (C=O) groups excluding carboxylic acids is 1. The highest BCUT2D eigenvalue weighted by molar-refractivity contribution is 7.80. The molecule has 0 aliphatic carbocycles. The quantitative estimate of drug-likeness (QED) is 0.645. The van der Waals surface area contributed by atoms with E-state index in [1.54, 1.807) is 0 Å². The lowest BCUT2D eigenvalue weighted by molar-refractivity contribution is -0.117. The minimum atomic E-state index is -0.308. The Morgan fingerprint density at radius 2 is 2.50 bits per heavy atom. The molecular weight excluding hydrogens is 166 g/mol. The second-order valence-electron chi connectivity index (χ2n) is 1.87. The van der Waals surface area contributed by atoms with Crippen LogP contribution in [-0.2, 0) is 11.2 Å². The monoisotopic (exact) mass is 173 g/mol. The van der Waals surface area contributed by atoms with E-state index in [1.165, 1.54) is 11.3 Å². The summed E-state index contributed by atoms with van der Waals surface area (Å²) in [7, 11) is 0. The molecule has 0 spiro atoms. The molecule has 2 nitrogen and oxygen atoms in total. The third kappa shape index (κ3) is 1.75. The molecular formula is C6H7NOS2. The van der Waals surface area contributed by atoms with Crippen molar-refractivity contribution < 1.29 is 4.79 Å². The predicted octanol–water partition coefficient (Wildman–Crippen LogP) is 1.06. The normalized spacial score (nSPS) is 9.70. The van der Waals surface area contributed by atoms with Gasteiger partial charge in [-0.15, -0.1) is 24.0 Å². The van der Waals surface area contributed by atoms with Gasteiger partial charge in [-0.3, -0.25) is 4.79 Å². The lowest BCUT2D eigenvalue weighted by atomic mass is 10.3. The molecule has 1 amide bonds. The van der Waals surface area contributed by atoms with Gasteiger partial charge in [0.25, 0.3) is 0 Å². The minimum Gasteiger partial charge on any atom is -0.369 e. The summed E-state index contributed by atoms with van der Waals surface area (Å²) >= 11 is 5.63. The largest absolute Gasteiger partial charge is 0.369 e. The van der Waals surface area contributed by atoms with Gasteiger partial charge >= 0.3 is 0 Å². The Morgan fingerprint density at radius 1 is 1.80 bits per heavy atom. The SMILES string of the molecule is NC(=O)Cc1sccc1S. The van der Waals surface area contributed by atoms with Crippen LogP contribution in [0.5, 0.6) is 0 Å². The lowest BCUT2D eigenvalue weighted by Crippen LogP contribution is -2.12. The maximum atomic E-state index is 10.4. The van der Waals surface area contributed by atoms with Crippen molar-refractivity contribution in [3.05, 3.63) is 16.3 Å². The van der Waals surface area contributed by atoms with E-state index in [1.807, 2.05) is 11.4 Å². The van der Waals surface area contributed by atoms with E-state index in [4.69, 9.17) is 5.73 Å². The number of thiol groups is 1. The summed E-state index contributed by atoms with van der Waals surface area (Å²) in [6.45, 7) is 0. The first-order valence-corrected chi connectivity index (χ1v) is 4.06. The Bertz CT molecular complexity index is 244. The summed E-state index contributed by atoms with van der Waals surface area (Å²) in [5.41, 5.74) is 4.99. The first-order valence-electron chi connectivity index (χ1n) is 2.74. The van der Waals surface area contributed by atoms with Gasteiger partial charge in [-0.05, 0) is 11.4 Å². The minimum absolute atomic E-state index is 0.302. The molecule has 0 saturated heterocycles. The van der Waals surface area contributed by atoms with Crippen molar-refractivity contribution in [2.24, 2.45) is 5.73 Å². The van der Waals surface area contributed by atoms with Crippen LogP contribution in [0, 0.1) is 0 Å². The van der Waals surface area contributed by atoms with E-state index in [2.05, 4.69) is 12.6 Å². The van der Waals surface area contributed by atoms with Crippen molar-refractivity contribution in [3.8, 4) is 0 Å². The van der Waals surface area contributed by atoms with Crippen molar-refractivity contribution in [2.75, 3.05) is 0 Å². The van der Waals surface area contributed by atoms with Crippen molar-refractivity contribution in [1.82, 2.24) is 0 Å². The fraction of sp³-hybridized carbons (Fsp3) is 0.167. The van der Waals surface area contributed by atoms with Gasteiger partial charge in [-0.2, -0.15) is 0 Å². The molecule has 0 atom stereocenters. The first-order chi connectivity index (χ1) is 4.70. The zero-order valence-electron chi connectivity index (χ0n) is 5.20. The Hall–Kier alpha value is -0.480. The van der Waals surface area contributed by atoms with Crippen LogP contribution in [0.25, 0.3) is 0 Å². The highest BCUT2D eigenvalue weighted by atomic mass is 32.1. The fourth-order valence-corrected chi connectivity index (χ4v) is 1.82. The van der Waals surface area contributed by atoms with Crippen LogP contribution in [-0.4, -0.2) is 5.91 Å². The topological polar surface area (TPSA) is 43.1 Å². The maximum absolute atomic E-state index is 10.4. The molecule has 54 valence electrons. The van der Waals surface area contributed by atoms with E-state index < -0.39 is 0 Å². The molecule has 1 aromatic rings. The number of primary amides is 1. The van der Waals surface area contributed by atoms with E-state index in [9.17, 15) is 4.79 Å². The number of hydrogen-bond donors (Lipinski definition) is 2. The van der Waals surface area contributed by atoms with Gasteiger partial charge < -0.3 is 5.73 Å². The molecule has 0 bridgehead atoms. The number of nitrogens with two attached hydrogens (primary N) is 1. The molecule has 10 heavy (non-hydrogen) atoms. The van der Waals surface area contributed by atoms with Crippen LogP contribution in [0.15, 0.2) is 16.3 Å². The van der Waals surface area contributed by atoms with Crippen LogP contribution in [0.3, 0.4) is 0 Å². The highest BCUT2D eigenvalue weighted by Crippen LogP contribution is 2.20. The summed E-state index contributed by atoms with van der Waals surface area (Å²) in [6, 6.07) is 1.85. The fourth-order valence-electron chi connectivity index (χ4n) is 0.624. The third-order valence-corrected chi connectivity index (χ3v) is 2.55. The molecule has 0 radical (unpaired) electrons. The van der Waals surface area contributed by atoms with Crippen molar-refractivity contribution in [3.63, 3.8) is 0 Å². The van der Waals surface area contributed by atoms with Gasteiger partial charge in [0.1, 0.15) is 0 Å². The third-order valence-electron chi connectivity index (χ3n) is 1.06. The second-order valence-corrected chi connectivity index (χ2v) is 3.35. The Balaban J connectivity index is 2.74. The van der Waals surface area contributed by atoms with E-state index in [0.29, 0.717) is 6.42 Å². The van der Waals surface area contributed by atoms with Crippen LogP contribution in [0.1, 0.15) is 4.88 Å². The summed E-state index contributed by atoms with van der Waals surface area (Å²) in [5.74, 6) is -0.308. The molecule has 2 N–H and O–H groups in total. The summed E-state index contributed by atoms with van der Waals surface area (Å²) in [5, 5.41) is 1.89. The smallest absolute Gasteiger partial charge is 0.222 e. The number of rotatable bonds is 2. The molecule has 0 aromatic carbocycles.